The molecular formula is C17H11ClF2N2O. The van der Waals surface area contributed by atoms with Gasteiger partial charge in [0.2, 0.25) is 0 Å². The molecule has 2 aromatic carbocycles. The van der Waals surface area contributed by atoms with E-state index in [1.807, 2.05) is 0 Å². The average Bonchev–Trinajstić information content (AvgIpc) is 2.53. The molecule has 0 aliphatic rings. The quantitative estimate of drug-likeness (QED) is 0.758. The van der Waals surface area contributed by atoms with Gasteiger partial charge in [-0.05, 0) is 42.8 Å². The van der Waals surface area contributed by atoms with Crippen LogP contribution in [-0.4, -0.2) is 10.2 Å². The van der Waals surface area contributed by atoms with Gasteiger partial charge in [0, 0.05) is 16.1 Å². The zero-order valence-corrected chi connectivity index (χ0v) is 12.8. The van der Waals surface area contributed by atoms with Crippen LogP contribution in [-0.2, 0) is 0 Å². The van der Waals surface area contributed by atoms with Crippen molar-refractivity contribution < 1.29 is 8.78 Å². The first-order valence-electron chi connectivity index (χ1n) is 6.78. The lowest BCUT2D eigenvalue weighted by Crippen LogP contribution is -2.15. The number of nitrogens with one attached hydrogen (secondary N) is 1. The SMILES string of the molecule is Cc1n[nH]c(=O)c(-c2cc(F)ccc2F)c1-c1ccc(Cl)cc1. The minimum absolute atomic E-state index is 0.0387. The van der Waals surface area contributed by atoms with Crippen LogP contribution < -0.4 is 5.56 Å². The zero-order valence-electron chi connectivity index (χ0n) is 12.0. The van der Waals surface area contributed by atoms with Crippen molar-refractivity contribution in [1.82, 2.24) is 10.2 Å². The molecule has 23 heavy (non-hydrogen) atoms. The summed E-state index contributed by atoms with van der Waals surface area (Å²) >= 11 is 5.88. The summed E-state index contributed by atoms with van der Waals surface area (Å²) < 4.78 is 27.7. The first kappa shape index (κ1) is 15.4. The first-order valence-corrected chi connectivity index (χ1v) is 7.16. The second kappa shape index (κ2) is 5.93. The summed E-state index contributed by atoms with van der Waals surface area (Å²) in [5.41, 5.74) is 0.910. The molecule has 3 rings (SSSR count). The molecule has 116 valence electrons. The van der Waals surface area contributed by atoms with Gasteiger partial charge in [-0.3, -0.25) is 4.79 Å². The largest absolute Gasteiger partial charge is 0.272 e. The summed E-state index contributed by atoms with van der Waals surface area (Å²) in [7, 11) is 0. The van der Waals surface area contributed by atoms with Gasteiger partial charge in [0.25, 0.3) is 5.56 Å². The number of rotatable bonds is 2. The molecule has 0 saturated heterocycles. The maximum atomic E-state index is 14.2. The number of benzene rings is 2. The number of hydrogen-bond donors (Lipinski definition) is 1. The van der Waals surface area contributed by atoms with E-state index in [0.717, 1.165) is 18.2 Å². The van der Waals surface area contributed by atoms with Crippen molar-refractivity contribution in [2.45, 2.75) is 6.92 Å². The standard InChI is InChI=1S/C17H11ClF2N2O/c1-9-15(10-2-4-11(18)5-3-10)16(17(23)22-21-9)13-8-12(19)6-7-14(13)20/h2-8H,1H3,(H,22,23). The highest BCUT2D eigenvalue weighted by atomic mass is 35.5. The second-order valence-electron chi connectivity index (χ2n) is 5.02. The third-order valence-electron chi connectivity index (χ3n) is 3.49. The summed E-state index contributed by atoms with van der Waals surface area (Å²) in [6.07, 6.45) is 0. The molecule has 0 aliphatic heterocycles. The minimum atomic E-state index is -0.683. The predicted molar refractivity (Wildman–Crippen MR) is 85.4 cm³/mol. The molecule has 0 bridgehead atoms. The molecule has 0 fully saturated rings. The molecule has 1 heterocycles. The van der Waals surface area contributed by atoms with Crippen LogP contribution in [0, 0.1) is 18.6 Å². The van der Waals surface area contributed by atoms with Gasteiger partial charge >= 0.3 is 0 Å². The van der Waals surface area contributed by atoms with Crippen LogP contribution in [0.4, 0.5) is 8.78 Å². The molecule has 6 heteroatoms. The summed E-state index contributed by atoms with van der Waals surface area (Å²) in [6, 6.07) is 9.71. The number of H-pyrrole nitrogens is 1. The fraction of sp³-hybridized carbons (Fsp3) is 0.0588. The summed E-state index contributed by atoms with van der Waals surface area (Å²) in [4.78, 5) is 12.3. The summed E-state index contributed by atoms with van der Waals surface area (Å²) in [5.74, 6) is -1.31. The number of hydrogen-bond acceptors (Lipinski definition) is 2. The first-order chi connectivity index (χ1) is 11.0. The van der Waals surface area contributed by atoms with Gasteiger partial charge in [0.1, 0.15) is 11.6 Å². The van der Waals surface area contributed by atoms with Crippen molar-refractivity contribution in [3.05, 3.63) is 75.2 Å². The van der Waals surface area contributed by atoms with Crippen molar-refractivity contribution in [3.63, 3.8) is 0 Å². The molecule has 0 radical (unpaired) electrons. The van der Waals surface area contributed by atoms with Crippen molar-refractivity contribution in [2.75, 3.05) is 0 Å². The van der Waals surface area contributed by atoms with Crippen LogP contribution in [0.3, 0.4) is 0 Å². The molecule has 0 unspecified atom stereocenters. The van der Waals surface area contributed by atoms with Gasteiger partial charge in [-0.2, -0.15) is 5.10 Å². The van der Waals surface area contributed by atoms with Gasteiger partial charge in [-0.15, -0.1) is 0 Å². The van der Waals surface area contributed by atoms with Crippen LogP contribution in [0.2, 0.25) is 5.02 Å². The third-order valence-corrected chi connectivity index (χ3v) is 3.75. The number of nitrogens with zero attached hydrogens (tertiary/aromatic N) is 1. The van der Waals surface area contributed by atoms with Crippen LogP contribution in [0.15, 0.2) is 47.3 Å². The average molecular weight is 333 g/mol. The minimum Gasteiger partial charge on any atom is -0.267 e. The summed E-state index contributed by atoms with van der Waals surface area (Å²) in [6.45, 7) is 1.68. The van der Waals surface area contributed by atoms with E-state index < -0.39 is 17.2 Å². The van der Waals surface area contributed by atoms with Crippen molar-refractivity contribution in [1.29, 1.82) is 0 Å². The van der Waals surface area contributed by atoms with E-state index in [0.29, 0.717) is 21.8 Å². The maximum Gasteiger partial charge on any atom is 0.272 e. The van der Waals surface area contributed by atoms with Gasteiger partial charge in [-0.25, -0.2) is 13.9 Å². The van der Waals surface area contributed by atoms with Crippen LogP contribution in [0.5, 0.6) is 0 Å². The fourth-order valence-electron chi connectivity index (χ4n) is 2.46. The van der Waals surface area contributed by atoms with Gasteiger partial charge < -0.3 is 0 Å². The molecule has 3 nitrogen and oxygen atoms in total. The van der Waals surface area contributed by atoms with Gasteiger partial charge in [-0.1, -0.05) is 23.7 Å². The third kappa shape index (κ3) is 2.87. The van der Waals surface area contributed by atoms with E-state index in [4.69, 9.17) is 11.6 Å². The van der Waals surface area contributed by atoms with Crippen molar-refractivity contribution in [3.8, 4) is 22.3 Å². The number of aryl methyl sites for hydroxylation is 1. The van der Waals surface area contributed by atoms with Gasteiger partial charge in [0.15, 0.2) is 0 Å². The Morgan fingerprint density at radius 1 is 1.04 bits per heavy atom. The Morgan fingerprint density at radius 3 is 2.43 bits per heavy atom. The molecule has 1 N–H and O–H groups in total. The Bertz CT molecular complexity index is 936. The highest BCUT2D eigenvalue weighted by Crippen LogP contribution is 2.33. The Labute approximate surface area is 135 Å². The Balaban J connectivity index is 2.37. The topological polar surface area (TPSA) is 45.8 Å². The lowest BCUT2D eigenvalue weighted by molar-refractivity contribution is 0.603. The highest BCUT2D eigenvalue weighted by Gasteiger charge is 2.19. The molecule has 0 saturated carbocycles. The second-order valence-corrected chi connectivity index (χ2v) is 5.46. The van der Waals surface area contributed by atoms with E-state index >= 15 is 0 Å². The van der Waals surface area contributed by atoms with Crippen LogP contribution in [0.25, 0.3) is 22.3 Å². The van der Waals surface area contributed by atoms with E-state index in [1.165, 1.54) is 0 Å². The maximum absolute atomic E-state index is 14.2. The molecule has 0 amide bonds. The van der Waals surface area contributed by atoms with E-state index in [1.54, 1.807) is 31.2 Å². The lowest BCUT2D eigenvalue weighted by atomic mass is 9.94. The number of aromatic nitrogens is 2. The van der Waals surface area contributed by atoms with Crippen LogP contribution in [0.1, 0.15) is 5.69 Å². The fourth-order valence-corrected chi connectivity index (χ4v) is 2.58. The smallest absolute Gasteiger partial charge is 0.267 e. The Hall–Kier alpha value is -2.53. The van der Waals surface area contributed by atoms with Crippen molar-refractivity contribution >= 4 is 11.6 Å². The highest BCUT2D eigenvalue weighted by molar-refractivity contribution is 6.30. The van der Waals surface area contributed by atoms with Crippen molar-refractivity contribution in [2.24, 2.45) is 0 Å². The Morgan fingerprint density at radius 2 is 1.74 bits per heavy atom. The van der Waals surface area contributed by atoms with Crippen LogP contribution >= 0.6 is 11.6 Å². The monoisotopic (exact) mass is 332 g/mol. The summed E-state index contributed by atoms with van der Waals surface area (Å²) in [5, 5.41) is 6.77. The van der Waals surface area contributed by atoms with E-state index in [-0.39, 0.29) is 11.1 Å². The molecule has 0 aliphatic carbocycles. The van der Waals surface area contributed by atoms with Gasteiger partial charge in [0.05, 0.1) is 11.3 Å². The zero-order chi connectivity index (χ0) is 16.6. The molecule has 3 aromatic rings. The molecule has 1 aromatic heterocycles. The van der Waals surface area contributed by atoms with E-state index in [2.05, 4.69) is 10.2 Å². The molecule has 0 atom stereocenters. The lowest BCUT2D eigenvalue weighted by Gasteiger charge is -2.12. The predicted octanol–water partition coefficient (Wildman–Crippen LogP) is 4.34. The van der Waals surface area contributed by atoms with E-state index in [9.17, 15) is 13.6 Å². The number of aromatic amines is 1. The number of halogens is 3. The Kier molecular flexibility index (Phi) is 3.96. The molecular weight excluding hydrogens is 322 g/mol. The normalized spacial score (nSPS) is 10.8. The molecule has 0 spiro atoms.